The van der Waals surface area contributed by atoms with Crippen LogP contribution in [0.3, 0.4) is 0 Å². The fourth-order valence-corrected chi connectivity index (χ4v) is 4.03. The molecular weight excluding hydrogens is 398 g/mol. The number of hydrogen-bond acceptors (Lipinski definition) is 8. The number of aryl methyl sites for hydroxylation is 1. The Balaban J connectivity index is 0.000000383. The Kier molecular flexibility index (Phi) is 6.01. The molecule has 1 saturated heterocycles. The van der Waals surface area contributed by atoms with Crippen LogP contribution in [0, 0.1) is 6.92 Å². The summed E-state index contributed by atoms with van der Waals surface area (Å²) in [5.41, 5.74) is 8.20. The fraction of sp³-hybridized carbons (Fsp3) is 0.238. The second-order valence-electron chi connectivity index (χ2n) is 7.04. The van der Waals surface area contributed by atoms with Gasteiger partial charge in [0.25, 0.3) is 0 Å². The number of thiazole rings is 1. The van der Waals surface area contributed by atoms with Gasteiger partial charge in [0.1, 0.15) is 22.5 Å². The van der Waals surface area contributed by atoms with Gasteiger partial charge < -0.3 is 21.4 Å². The van der Waals surface area contributed by atoms with E-state index in [1.54, 1.807) is 18.5 Å². The molecule has 0 amide bonds. The van der Waals surface area contributed by atoms with Crippen LogP contribution in [-0.2, 0) is 0 Å². The third-order valence-electron chi connectivity index (χ3n) is 4.51. The van der Waals surface area contributed by atoms with E-state index < -0.39 is 0 Å². The van der Waals surface area contributed by atoms with Crippen LogP contribution in [0.1, 0.15) is 18.4 Å². The number of aromatic nitrogens is 4. The van der Waals surface area contributed by atoms with E-state index in [1.165, 1.54) is 43.3 Å². The summed E-state index contributed by atoms with van der Waals surface area (Å²) in [4.78, 5) is 27.3. The molecule has 0 atom stereocenters. The van der Waals surface area contributed by atoms with Gasteiger partial charge in [-0.15, -0.1) is 11.3 Å². The number of hydrogen-bond donors (Lipinski definition) is 4. The molecule has 0 bridgehead atoms. The molecule has 5 heterocycles. The Hall–Kier alpha value is -3.30. The van der Waals surface area contributed by atoms with E-state index in [0.717, 1.165) is 26.4 Å². The molecule has 4 aromatic rings. The summed E-state index contributed by atoms with van der Waals surface area (Å²) in [5.74, 6) is 1.66. The molecule has 1 fully saturated rings. The quantitative estimate of drug-likeness (QED) is 0.400. The van der Waals surface area contributed by atoms with Crippen molar-refractivity contribution in [2.45, 2.75) is 19.8 Å². The number of nitrogens with zero attached hydrogens (tertiary/aromatic N) is 3. The van der Waals surface area contributed by atoms with Crippen LogP contribution in [0.5, 0.6) is 0 Å². The Labute approximate surface area is 177 Å². The molecule has 0 spiro atoms. The Morgan fingerprint density at radius 3 is 2.67 bits per heavy atom. The van der Waals surface area contributed by atoms with Gasteiger partial charge in [0.05, 0.1) is 10.2 Å². The maximum absolute atomic E-state index is 11.6. The van der Waals surface area contributed by atoms with Crippen LogP contribution in [0.2, 0.25) is 0 Å². The zero-order valence-corrected chi connectivity index (χ0v) is 17.4. The summed E-state index contributed by atoms with van der Waals surface area (Å²) >= 11 is 1.54. The highest BCUT2D eigenvalue weighted by Gasteiger charge is 2.09. The van der Waals surface area contributed by atoms with Gasteiger partial charge >= 0.3 is 0 Å². The topological polar surface area (TPSA) is 122 Å². The first-order chi connectivity index (χ1) is 14.6. The molecule has 5 rings (SSSR count). The minimum Gasteiger partial charge on any atom is -0.384 e. The number of H-pyrrole nitrogens is 1. The van der Waals surface area contributed by atoms with Gasteiger partial charge in [-0.3, -0.25) is 4.79 Å². The molecule has 1 aliphatic rings. The molecule has 0 unspecified atom stereocenters. The second-order valence-corrected chi connectivity index (χ2v) is 8.07. The van der Waals surface area contributed by atoms with Crippen molar-refractivity contribution < 1.29 is 0 Å². The van der Waals surface area contributed by atoms with Crippen LogP contribution in [0.25, 0.3) is 20.8 Å². The number of nitrogen functional groups attached to an aromatic ring is 1. The first-order valence-corrected chi connectivity index (χ1v) is 10.6. The number of nitrogens with one attached hydrogen (secondary N) is 3. The molecule has 1 aliphatic heterocycles. The average Bonchev–Trinajstić information content (AvgIpc) is 3.40. The van der Waals surface area contributed by atoms with E-state index >= 15 is 0 Å². The van der Waals surface area contributed by atoms with Crippen LogP contribution in [-0.4, -0.2) is 33.0 Å². The van der Waals surface area contributed by atoms with E-state index in [4.69, 9.17) is 5.73 Å². The molecule has 0 saturated carbocycles. The Morgan fingerprint density at radius 1 is 1.13 bits per heavy atom. The van der Waals surface area contributed by atoms with Gasteiger partial charge in [0.2, 0.25) is 5.56 Å². The molecule has 0 radical (unpaired) electrons. The van der Waals surface area contributed by atoms with Crippen LogP contribution in [0.4, 0.5) is 17.5 Å². The van der Waals surface area contributed by atoms with E-state index in [-0.39, 0.29) is 5.56 Å². The normalized spacial score (nSPS) is 13.1. The first kappa shape index (κ1) is 20.0. The first-order valence-electron chi connectivity index (χ1n) is 9.74. The van der Waals surface area contributed by atoms with Crippen molar-refractivity contribution in [2.75, 3.05) is 24.1 Å². The lowest BCUT2D eigenvalue weighted by atomic mass is 10.3. The van der Waals surface area contributed by atoms with E-state index in [1.807, 2.05) is 25.1 Å². The van der Waals surface area contributed by atoms with Gasteiger partial charge in [0, 0.05) is 30.1 Å². The number of anilines is 3. The maximum Gasteiger partial charge on any atom is 0.249 e. The molecular formula is C21H23N7OS. The smallest absolute Gasteiger partial charge is 0.249 e. The predicted octanol–water partition coefficient (Wildman–Crippen LogP) is 3.45. The Morgan fingerprint density at radius 2 is 1.97 bits per heavy atom. The summed E-state index contributed by atoms with van der Waals surface area (Å²) in [5, 5.41) is 7.18. The van der Waals surface area contributed by atoms with Gasteiger partial charge in [-0.05, 0) is 56.6 Å². The van der Waals surface area contributed by atoms with Gasteiger partial charge in [-0.2, -0.15) is 0 Å². The lowest BCUT2D eigenvalue weighted by Gasteiger charge is -2.05. The van der Waals surface area contributed by atoms with E-state index in [0.29, 0.717) is 17.5 Å². The second kappa shape index (κ2) is 9.02. The molecule has 30 heavy (non-hydrogen) atoms. The van der Waals surface area contributed by atoms with Crippen molar-refractivity contribution in [3.8, 4) is 10.6 Å². The Bertz CT molecular complexity index is 1210. The van der Waals surface area contributed by atoms with Crippen LogP contribution >= 0.6 is 11.3 Å². The van der Waals surface area contributed by atoms with E-state index in [9.17, 15) is 4.79 Å². The van der Waals surface area contributed by atoms with Crippen LogP contribution in [0.15, 0.2) is 47.5 Å². The van der Waals surface area contributed by atoms with Gasteiger partial charge in [0.15, 0.2) is 0 Å². The van der Waals surface area contributed by atoms with Crippen molar-refractivity contribution in [1.29, 1.82) is 0 Å². The minimum atomic E-state index is -0.158. The zero-order chi connectivity index (χ0) is 20.9. The number of nitrogens with two attached hydrogens (primary N) is 1. The predicted molar refractivity (Wildman–Crippen MR) is 122 cm³/mol. The molecule has 154 valence electrons. The summed E-state index contributed by atoms with van der Waals surface area (Å²) in [6, 6.07) is 8.90. The average molecular weight is 422 g/mol. The summed E-state index contributed by atoms with van der Waals surface area (Å²) in [6.07, 6.45) is 6.20. The highest BCUT2D eigenvalue weighted by molar-refractivity contribution is 7.21. The van der Waals surface area contributed by atoms with Gasteiger partial charge in [-0.25, -0.2) is 15.0 Å². The SMILES string of the molecule is C1CCNC1.Cc1cc(Nc2cc3nc(-c4ccnc(N)c4)sc3cn2)[nH]c(=O)c1. The third-order valence-corrected chi connectivity index (χ3v) is 5.57. The van der Waals surface area contributed by atoms with Gasteiger partial charge in [-0.1, -0.05) is 0 Å². The standard InChI is InChI=1S/C17H14N6OS.C4H9N/c1-9-4-15(23-16(24)5-9)22-14-7-11-12(8-20-14)25-17(21-11)10-2-3-19-13(18)6-10;1-2-4-5-3-1/h2-8H,1H3,(H2,18,19)(H2,20,22,23,24);5H,1-4H2. The number of aromatic amines is 1. The lowest BCUT2D eigenvalue weighted by molar-refractivity contribution is 0.857. The number of fused-ring (bicyclic) bond motifs is 1. The van der Waals surface area contributed by atoms with Crippen molar-refractivity contribution >= 4 is 39.0 Å². The number of rotatable bonds is 3. The lowest BCUT2D eigenvalue weighted by Crippen LogP contribution is -2.08. The minimum absolute atomic E-state index is 0.158. The van der Waals surface area contributed by atoms with Crippen molar-refractivity contribution in [2.24, 2.45) is 0 Å². The highest BCUT2D eigenvalue weighted by atomic mass is 32.1. The molecule has 9 heteroatoms. The fourth-order valence-electron chi connectivity index (χ4n) is 3.12. The van der Waals surface area contributed by atoms with Crippen molar-refractivity contribution in [1.82, 2.24) is 25.3 Å². The third kappa shape index (κ3) is 5.00. The molecule has 8 nitrogen and oxygen atoms in total. The summed E-state index contributed by atoms with van der Waals surface area (Å²) < 4.78 is 0.966. The molecule has 5 N–H and O–H groups in total. The summed E-state index contributed by atoms with van der Waals surface area (Å²) in [6.45, 7) is 4.37. The van der Waals surface area contributed by atoms with E-state index in [2.05, 4.69) is 30.6 Å². The zero-order valence-electron chi connectivity index (χ0n) is 16.6. The highest BCUT2D eigenvalue weighted by Crippen LogP contribution is 2.31. The molecule has 4 aromatic heterocycles. The van der Waals surface area contributed by atoms with Crippen molar-refractivity contribution in [3.05, 3.63) is 58.6 Å². The largest absolute Gasteiger partial charge is 0.384 e. The molecule has 0 aromatic carbocycles. The maximum atomic E-state index is 11.6. The molecule has 0 aliphatic carbocycles. The van der Waals surface area contributed by atoms with Crippen LogP contribution < -0.4 is 21.9 Å². The number of pyridine rings is 3. The van der Waals surface area contributed by atoms with Crippen molar-refractivity contribution in [3.63, 3.8) is 0 Å². The monoisotopic (exact) mass is 421 g/mol. The summed E-state index contributed by atoms with van der Waals surface area (Å²) in [7, 11) is 0.